The number of halogens is 6. The number of nitrogens with one attached hydrogen (secondary N) is 3. The molecule has 0 aliphatic rings. The number of aliphatic carboxylic acids is 2. The highest BCUT2D eigenvalue weighted by atomic mass is 19.4. The van der Waals surface area contributed by atoms with Gasteiger partial charge in [0.25, 0.3) is 0 Å². The molecule has 8 N–H and O–H groups in total. The SMILES string of the molecule is CCc1cc(OCC(C)(C)CN(C)C)cc(C(Nc2ccc(C(=N)N)cc2)c2nn(-c3ccccc3C(=O)O)c(=O)[nH]2)c1.O=C(O)C(F)(F)F.O=C(O)C(F)(F)F. The van der Waals surface area contributed by atoms with Crippen LogP contribution in [0.2, 0.25) is 0 Å². The minimum atomic E-state index is -5.08. The summed E-state index contributed by atoms with van der Waals surface area (Å²) in [6.07, 6.45) is -9.41. The number of alkyl halides is 6. The van der Waals surface area contributed by atoms with Gasteiger partial charge in [0, 0.05) is 23.2 Å². The van der Waals surface area contributed by atoms with Crippen molar-refractivity contribution in [2.75, 3.05) is 32.6 Å². The number of carboxylic acid groups (broad SMARTS) is 3. The number of aromatic nitrogens is 3. The minimum absolute atomic E-state index is 0.0436. The van der Waals surface area contributed by atoms with Crippen molar-refractivity contribution in [1.29, 1.82) is 5.41 Å². The van der Waals surface area contributed by atoms with Crippen molar-refractivity contribution in [1.82, 2.24) is 19.7 Å². The summed E-state index contributed by atoms with van der Waals surface area (Å²) in [6, 6.07) is 18.6. The average Bonchev–Trinajstić information content (AvgIpc) is 3.49. The van der Waals surface area contributed by atoms with Gasteiger partial charge < -0.3 is 36.0 Å². The zero-order chi connectivity index (χ0) is 43.5. The third kappa shape index (κ3) is 14.7. The molecule has 310 valence electrons. The van der Waals surface area contributed by atoms with Gasteiger partial charge in [0.15, 0.2) is 5.82 Å². The molecule has 0 radical (unpaired) electrons. The van der Waals surface area contributed by atoms with E-state index in [9.17, 15) is 41.0 Å². The second kappa shape index (κ2) is 19.5. The molecule has 15 nitrogen and oxygen atoms in total. The van der Waals surface area contributed by atoms with Gasteiger partial charge in [0.2, 0.25) is 0 Å². The molecule has 0 amide bonds. The lowest BCUT2D eigenvalue weighted by atomic mass is 9.94. The third-order valence-electron chi connectivity index (χ3n) is 7.37. The third-order valence-corrected chi connectivity index (χ3v) is 7.37. The fourth-order valence-electron chi connectivity index (χ4n) is 5.02. The van der Waals surface area contributed by atoms with Crippen molar-refractivity contribution in [2.24, 2.45) is 11.1 Å². The molecule has 57 heavy (non-hydrogen) atoms. The lowest BCUT2D eigenvalue weighted by Crippen LogP contribution is -2.33. The zero-order valence-corrected chi connectivity index (χ0v) is 31.1. The van der Waals surface area contributed by atoms with E-state index in [-0.39, 0.29) is 28.3 Å². The summed E-state index contributed by atoms with van der Waals surface area (Å²) in [6.45, 7) is 7.71. The van der Waals surface area contributed by atoms with Crippen LogP contribution in [0.1, 0.15) is 59.7 Å². The van der Waals surface area contributed by atoms with E-state index in [1.165, 1.54) is 12.1 Å². The number of nitrogen functional groups attached to an aromatic ring is 1. The number of aromatic carboxylic acids is 1. The van der Waals surface area contributed by atoms with Crippen LogP contribution in [0.5, 0.6) is 5.75 Å². The van der Waals surface area contributed by atoms with Crippen molar-refractivity contribution < 1.29 is 60.8 Å². The van der Waals surface area contributed by atoms with E-state index in [0.717, 1.165) is 28.8 Å². The summed E-state index contributed by atoms with van der Waals surface area (Å²) in [5, 5.41) is 39.7. The number of rotatable bonds is 13. The quantitative estimate of drug-likeness (QED) is 0.0501. The maximum Gasteiger partial charge on any atom is 0.490 e. The second-order valence-electron chi connectivity index (χ2n) is 13.2. The van der Waals surface area contributed by atoms with Crippen molar-refractivity contribution >= 4 is 29.4 Å². The van der Waals surface area contributed by atoms with Crippen molar-refractivity contribution in [3.05, 3.63) is 105 Å². The Kier molecular flexibility index (Phi) is 16.0. The van der Waals surface area contributed by atoms with Crippen LogP contribution in [0.15, 0.2) is 71.5 Å². The number of hydrogen-bond donors (Lipinski definition) is 7. The van der Waals surface area contributed by atoms with Crippen LogP contribution < -0.4 is 21.5 Å². The average molecular weight is 814 g/mol. The molecule has 4 rings (SSSR count). The van der Waals surface area contributed by atoms with Crippen LogP contribution in [-0.2, 0) is 16.0 Å². The predicted molar refractivity (Wildman–Crippen MR) is 195 cm³/mol. The Labute approximate surface area is 321 Å². The van der Waals surface area contributed by atoms with Gasteiger partial charge in [0.05, 0.1) is 17.9 Å². The summed E-state index contributed by atoms with van der Waals surface area (Å²) in [7, 11) is 4.07. The topological polar surface area (TPSA) is 237 Å². The Balaban J connectivity index is 0.000000682. The summed E-state index contributed by atoms with van der Waals surface area (Å²) < 4.78 is 70.9. The molecule has 0 saturated heterocycles. The molecule has 1 aromatic heterocycles. The maximum atomic E-state index is 13.2. The molecule has 0 bridgehead atoms. The molecule has 1 heterocycles. The standard InChI is InChI=1S/C32H39N7O4.2C2HF3O2/c1-6-20-15-22(17-24(16-20)43-19-32(2,3)18-38(4)5)27(35-23-13-11-21(12-14-23)28(33)34)29-36-31(42)39(37-29)26-10-8-7-9-25(26)30(40)41;2*3-2(4,5)1(6)7/h7-17,27,35H,6,18-19H2,1-5H3,(H3,33,34)(H,40,41)(H,36,37,42);2*(H,6,7). The number of para-hydroxylation sites is 1. The number of carbonyl (C=O) groups is 3. The molecule has 1 atom stereocenters. The molecule has 21 heteroatoms. The number of benzene rings is 3. The molecular weight excluding hydrogens is 772 g/mol. The van der Waals surface area contributed by atoms with Crippen molar-refractivity contribution in [3.8, 4) is 11.4 Å². The van der Waals surface area contributed by atoms with Gasteiger partial charge in [-0.25, -0.2) is 19.2 Å². The molecule has 3 aromatic carbocycles. The molecule has 0 fully saturated rings. The Morgan fingerprint density at radius 2 is 1.49 bits per heavy atom. The van der Waals surface area contributed by atoms with E-state index in [4.69, 9.17) is 35.7 Å². The van der Waals surface area contributed by atoms with E-state index in [1.54, 1.807) is 36.4 Å². The summed E-state index contributed by atoms with van der Waals surface area (Å²) in [5.74, 6) is -5.74. The largest absolute Gasteiger partial charge is 0.493 e. The normalized spacial score (nSPS) is 12.0. The van der Waals surface area contributed by atoms with Crippen molar-refractivity contribution in [2.45, 2.75) is 45.6 Å². The van der Waals surface area contributed by atoms with Crippen LogP contribution in [0.3, 0.4) is 0 Å². The van der Waals surface area contributed by atoms with E-state index in [2.05, 4.69) is 41.1 Å². The summed E-state index contributed by atoms with van der Waals surface area (Å²) in [4.78, 5) is 47.8. The number of H-pyrrole nitrogens is 1. The number of carboxylic acids is 3. The first kappa shape index (κ1) is 46.8. The first-order chi connectivity index (χ1) is 26.2. The number of amidine groups is 1. The molecule has 1 unspecified atom stereocenters. The number of hydrogen-bond acceptors (Lipinski definition) is 9. The Bertz CT molecular complexity index is 2050. The van der Waals surface area contributed by atoms with Gasteiger partial charge >= 0.3 is 36.0 Å². The van der Waals surface area contributed by atoms with Crippen LogP contribution in [0, 0.1) is 10.8 Å². The lowest BCUT2D eigenvalue weighted by Gasteiger charge is -2.28. The summed E-state index contributed by atoms with van der Waals surface area (Å²) in [5.41, 5.74) is 8.19. The Hall–Kier alpha value is -6.38. The van der Waals surface area contributed by atoms with Gasteiger partial charge in [-0.2, -0.15) is 31.0 Å². The lowest BCUT2D eigenvalue weighted by molar-refractivity contribution is -0.193. The number of aryl methyl sites for hydroxylation is 1. The second-order valence-corrected chi connectivity index (χ2v) is 13.2. The van der Waals surface area contributed by atoms with E-state index >= 15 is 0 Å². The highest BCUT2D eigenvalue weighted by Crippen LogP contribution is 2.30. The van der Waals surface area contributed by atoms with Gasteiger partial charge in [-0.1, -0.05) is 39.0 Å². The van der Waals surface area contributed by atoms with Crippen LogP contribution in [0.25, 0.3) is 5.69 Å². The fourth-order valence-corrected chi connectivity index (χ4v) is 5.02. The monoisotopic (exact) mass is 813 g/mol. The van der Waals surface area contributed by atoms with E-state index in [1.807, 2.05) is 32.3 Å². The predicted octanol–water partition coefficient (Wildman–Crippen LogP) is 5.54. The Morgan fingerprint density at radius 1 is 0.947 bits per heavy atom. The van der Waals surface area contributed by atoms with E-state index < -0.39 is 42.0 Å². The van der Waals surface area contributed by atoms with Crippen LogP contribution in [-0.4, -0.2) is 98.3 Å². The number of ether oxygens (including phenoxy) is 1. The first-order valence-electron chi connectivity index (χ1n) is 16.5. The van der Waals surface area contributed by atoms with Gasteiger partial charge in [-0.15, -0.1) is 5.10 Å². The number of anilines is 1. The van der Waals surface area contributed by atoms with Gasteiger partial charge in [0.1, 0.15) is 17.6 Å². The molecule has 0 aliphatic heterocycles. The fraction of sp³-hybridized carbons (Fsp3) is 0.333. The highest BCUT2D eigenvalue weighted by Gasteiger charge is 2.39. The zero-order valence-electron chi connectivity index (χ0n) is 31.1. The van der Waals surface area contributed by atoms with Crippen LogP contribution >= 0.6 is 0 Å². The maximum absolute atomic E-state index is 13.2. The first-order valence-corrected chi connectivity index (χ1v) is 16.5. The van der Waals surface area contributed by atoms with Gasteiger partial charge in [-0.3, -0.25) is 10.4 Å². The number of aromatic amines is 1. The molecule has 0 saturated carbocycles. The molecule has 0 aliphatic carbocycles. The molecule has 4 aromatic rings. The Morgan fingerprint density at radius 3 is 1.96 bits per heavy atom. The molecule has 0 spiro atoms. The van der Waals surface area contributed by atoms with E-state index in [0.29, 0.717) is 23.6 Å². The number of nitrogens with two attached hydrogens (primary N) is 1. The summed E-state index contributed by atoms with van der Waals surface area (Å²) >= 11 is 0. The van der Waals surface area contributed by atoms with Crippen molar-refractivity contribution in [3.63, 3.8) is 0 Å². The van der Waals surface area contributed by atoms with Crippen LogP contribution in [0.4, 0.5) is 32.0 Å². The number of nitrogens with zero attached hydrogens (tertiary/aromatic N) is 3. The highest BCUT2D eigenvalue weighted by molar-refractivity contribution is 5.95. The minimum Gasteiger partial charge on any atom is -0.493 e. The molecular formula is C36H41F6N7O8. The van der Waals surface area contributed by atoms with Gasteiger partial charge in [-0.05, 0) is 80.2 Å². The smallest absolute Gasteiger partial charge is 0.490 e.